The number of nitrogens with one attached hydrogen (secondary N) is 1. The van der Waals surface area contributed by atoms with Gasteiger partial charge in [0.2, 0.25) is 5.88 Å². The topological polar surface area (TPSA) is 91.1 Å². The smallest absolute Gasteiger partial charge is 0.279 e. The lowest BCUT2D eigenvalue weighted by Gasteiger charge is -2.14. The standard InChI is InChI=1S/C22H21FN4O4/c1-30-11-10-27-21(29)20-18(25-27)12-19(28)26(13-17-4-2-3-9-24-17)22(20)31-14-15-5-7-16(23)8-6-15/h2-9,12,25H,10-11,13-14H2,1H3. The molecule has 0 saturated heterocycles. The van der Waals surface area contributed by atoms with Crippen LogP contribution in [0.5, 0.6) is 5.88 Å². The lowest BCUT2D eigenvalue weighted by atomic mass is 10.2. The summed E-state index contributed by atoms with van der Waals surface area (Å²) in [4.78, 5) is 30.2. The van der Waals surface area contributed by atoms with E-state index in [-0.39, 0.29) is 41.4 Å². The number of ether oxygens (including phenoxy) is 2. The molecular weight excluding hydrogens is 403 g/mol. The Kier molecular flexibility index (Phi) is 5.94. The van der Waals surface area contributed by atoms with E-state index in [2.05, 4.69) is 10.1 Å². The second kappa shape index (κ2) is 8.97. The molecule has 3 aromatic heterocycles. The van der Waals surface area contributed by atoms with Crippen molar-refractivity contribution in [1.82, 2.24) is 19.3 Å². The van der Waals surface area contributed by atoms with Crippen molar-refractivity contribution in [3.8, 4) is 5.88 Å². The van der Waals surface area contributed by atoms with Crippen LogP contribution in [0.2, 0.25) is 0 Å². The van der Waals surface area contributed by atoms with Gasteiger partial charge in [0.15, 0.2) is 0 Å². The highest BCUT2D eigenvalue weighted by Gasteiger charge is 2.19. The summed E-state index contributed by atoms with van der Waals surface area (Å²) in [5.74, 6) is -0.223. The number of hydrogen-bond acceptors (Lipinski definition) is 5. The van der Waals surface area contributed by atoms with Crippen LogP contribution < -0.4 is 15.9 Å². The van der Waals surface area contributed by atoms with Gasteiger partial charge in [-0.2, -0.15) is 0 Å². The predicted molar refractivity (Wildman–Crippen MR) is 113 cm³/mol. The Bertz CT molecular complexity index is 1290. The number of benzene rings is 1. The van der Waals surface area contributed by atoms with Crippen molar-refractivity contribution in [3.05, 3.63) is 92.5 Å². The molecule has 0 bridgehead atoms. The minimum atomic E-state index is -0.357. The predicted octanol–water partition coefficient (Wildman–Crippen LogP) is 2.30. The largest absolute Gasteiger partial charge is 0.473 e. The number of nitrogens with zero attached hydrogens (tertiary/aromatic N) is 3. The van der Waals surface area contributed by atoms with E-state index in [4.69, 9.17) is 9.47 Å². The van der Waals surface area contributed by atoms with Gasteiger partial charge >= 0.3 is 0 Å². The molecule has 0 spiro atoms. The molecule has 4 rings (SSSR count). The first-order valence-corrected chi connectivity index (χ1v) is 9.69. The molecule has 4 aromatic rings. The normalized spacial score (nSPS) is 11.2. The van der Waals surface area contributed by atoms with Crippen molar-refractivity contribution < 1.29 is 13.9 Å². The van der Waals surface area contributed by atoms with Crippen molar-refractivity contribution in [1.29, 1.82) is 0 Å². The van der Waals surface area contributed by atoms with Crippen molar-refractivity contribution in [2.24, 2.45) is 0 Å². The van der Waals surface area contributed by atoms with Gasteiger partial charge in [-0.1, -0.05) is 18.2 Å². The summed E-state index contributed by atoms with van der Waals surface area (Å²) in [5, 5.41) is 3.20. The molecule has 0 aliphatic rings. The van der Waals surface area contributed by atoms with Crippen molar-refractivity contribution in [3.63, 3.8) is 0 Å². The Morgan fingerprint density at radius 1 is 1.13 bits per heavy atom. The second-order valence-corrected chi connectivity index (χ2v) is 6.96. The third kappa shape index (κ3) is 4.41. The number of aromatic nitrogens is 4. The molecule has 0 aliphatic heterocycles. The first-order valence-electron chi connectivity index (χ1n) is 9.69. The second-order valence-electron chi connectivity index (χ2n) is 6.96. The highest BCUT2D eigenvalue weighted by atomic mass is 19.1. The number of fused-ring (bicyclic) bond motifs is 1. The van der Waals surface area contributed by atoms with E-state index in [1.165, 1.54) is 27.4 Å². The minimum Gasteiger partial charge on any atom is -0.473 e. The Balaban J connectivity index is 1.81. The molecule has 9 heteroatoms. The zero-order valence-corrected chi connectivity index (χ0v) is 16.9. The van der Waals surface area contributed by atoms with Gasteiger partial charge in [0.05, 0.1) is 30.9 Å². The third-order valence-corrected chi connectivity index (χ3v) is 4.83. The Labute approximate surface area is 176 Å². The van der Waals surface area contributed by atoms with E-state index >= 15 is 0 Å². The zero-order chi connectivity index (χ0) is 21.8. The fourth-order valence-corrected chi connectivity index (χ4v) is 3.28. The number of halogens is 1. The molecule has 8 nitrogen and oxygen atoms in total. The highest BCUT2D eigenvalue weighted by molar-refractivity contribution is 5.83. The zero-order valence-electron chi connectivity index (χ0n) is 16.9. The first kappa shape index (κ1) is 20.5. The summed E-state index contributed by atoms with van der Waals surface area (Å²) in [6.45, 7) is 0.827. The van der Waals surface area contributed by atoms with Gasteiger partial charge in [-0.05, 0) is 29.8 Å². The van der Waals surface area contributed by atoms with E-state index in [0.29, 0.717) is 29.9 Å². The van der Waals surface area contributed by atoms with Crippen LogP contribution in [0.15, 0.2) is 64.3 Å². The van der Waals surface area contributed by atoms with Crippen molar-refractivity contribution >= 4 is 10.9 Å². The fraction of sp³-hybridized carbons (Fsp3) is 0.227. The Morgan fingerprint density at radius 2 is 1.94 bits per heavy atom. The quantitative estimate of drug-likeness (QED) is 0.469. The maximum atomic E-state index is 13.2. The molecular formula is C22H21FN4O4. The molecule has 3 heterocycles. The van der Waals surface area contributed by atoms with Gasteiger partial charge in [0.25, 0.3) is 11.1 Å². The van der Waals surface area contributed by atoms with Crippen molar-refractivity contribution in [2.75, 3.05) is 13.7 Å². The molecule has 0 unspecified atom stereocenters. The van der Waals surface area contributed by atoms with Crippen LogP contribution in [0.3, 0.4) is 0 Å². The Hall–Kier alpha value is -3.72. The molecule has 0 aliphatic carbocycles. The molecule has 1 aromatic carbocycles. The molecule has 0 atom stereocenters. The Morgan fingerprint density at radius 3 is 2.65 bits per heavy atom. The van der Waals surface area contributed by atoms with E-state index in [0.717, 1.165) is 0 Å². The average Bonchev–Trinajstić information content (AvgIpc) is 3.09. The number of H-pyrrole nitrogens is 1. The lowest BCUT2D eigenvalue weighted by Crippen LogP contribution is -2.24. The van der Waals surface area contributed by atoms with Gasteiger partial charge in [-0.25, -0.2) is 9.07 Å². The number of hydrogen-bond donors (Lipinski definition) is 1. The van der Waals surface area contributed by atoms with Gasteiger partial charge in [0.1, 0.15) is 17.8 Å². The summed E-state index contributed by atoms with van der Waals surface area (Å²) in [6.07, 6.45) is 1.63. The van der Waals surface area contributed by atoms with E-state index in [1.807, 2.05) is 6.07 Å². The van der Waals surface area contributed by atoms with Crippen LogP contribution in [0.1, 0.15) is 11.3 Å². The lowest BCUT2D eigenvalue weighted by molar-refractivity contribution is 0.183. The maximum Gasteiger partial charge on any atom is 0.279 e. The molecule has 1 N–H and O–H groups in total. The number of rotatable bonds is 8. The van der Waals surface area contributed by atoms with Crippen molar-refractivity contribution in [2.45, 2.75) is 19.7 Å². The monoisotopic (exact) mass is 424 g/mol. The summed E-state index contributed by atoms with van der Waals surface area (Å²) >= 11 is 0. The third-order valence-electron chi connectivity index (χ3n) is 4.83. The van der Waals surface area contributed by atoms with Crippen LogP contribution in [0.25, 0.3) is 10.9 Å². The molecule has 0 fully saturated rings. The number of aromatic amines is 1. The summed E-state index contributed by atoms with van der Waals surface area (Å²) < 4.78 is 27.0. The summed E-state index contributed by atoms with van der Waals surface area (Å²) in [5.41, 5.74) is 1.05. The van der Waals surface area contributed by atoms with E-state index in [1.54, 1.807) is 37.6 Å². The maximum absolute atomic E-state index is 13.2. The van der Waals surface area contributed by atoms with E-state index < -0.39 is 0 Å². The number of methoxy groups -OCH3 is 1. The van der Waals surface area contributed by atoms with Gasteiger partial charge in [-0.3, -0.25) is 24.2 Å². The summed E-state index contributed by atoms with van der Waals surface area (Å²) in [7, 11) is 1.54. The minimum absolute atomic E-state index is 0.0593. The fourth-order valence-electron chi connectivity index (χ4n) is 3.28. The van der Waals surface area contributed by atoms with Crippen LogP contribution >= 0.6 is 0 Å². The van der Waals surface area contributed by atoms with Gasteiger partial charge < -0.3 is 9.47 Å². The highest BCUT2D eigenvalue weighted by Crippen LogP contribution is 2.22. The van der Waals surface area contributed by atoms with Gasteiger partial charge in [-0.15, -0.1) is 0 Å². The molecule has 160 valence electrons. The first-order chi connectivity index (χ1) is 15.1. The van der Waals surface area contributed by atoms with Crippen LogP contribution in [0, 0.1) is 5.82 Å². The molecule has 0 saturated carbocycles. The number of pyridine rings is 2. The van der Waals surface area contributed by atoms with E-state index in [9.17, 15) is 14.0 Å². The molecule has 31 heavy (non-hydrogen) atoms. The van der Waals surface area contributed by atoms with Crippen LogP contribution in [-0.4, -0.2) is 33.0 Å². The van der Waals surface area contributed by atoms with Crippen LogP contribution in [0.4, 0.5) is 4.39 Å². The average molecular weight is 424 g/mol. The molecule has 0 amide bonds. The van der Waals surface area contributed by atoms with Crippen LogP contribution in [-0.2, 0) is 24.4 Å². The SMILES string of the molecule is COCCn1[nH]c2cc(=O)n(Cc3ccccn3)c(OCc3ccc(F)cc3)c2c1=O. The van der Waals surface area contributed by atoms with Gasteiger partial charge in [0, 0.05) is 19.4 Å². The molecule has 0 radical (unpaired) electrons. The summed E-state index contributed by atoms with van der Waals surface area (Å²) in [6, 6.07) is 12.6.